The van der Waals surface area contributed by atoms with Crippen molar-refractivity contribution in [3.63, 3.8) is 0 Å². The van der Waals surface area contributed by atoms with Crippen LogP contribution in [0.4, 0.5) is 0 Å². The highest BCUT2D eigenvalue weighted by atomic mass is 16.5. The van der Waals surface area contributed by atoms with E-state index < -0.39 is 0 Å². The highest BCUT2D eigenvalue weighted by Crippen LogP contribution is 2.41. The van der Waals surface area contributed by atoms with Crippen molar-refractivity contribution in [2.24, 2.45) is 11.8 Å². The van der Waals surface area contributed by atoms with E-state index in [2.05, 4.69) is 65.2 Å². The van der Waals surface area contributed by atoms with Crippen LogP contribution in [0.25, 0.3) is 0 Å². The Labute approximate surface area is 117 Å². The number of nitrogens with one attached hydrogen (secondary N) is 1. The summed E-state index contributed by atoms with van der Waals surface area (Å²) in [5.41, 5.74) is 4.11. The average Bonchev–Trinajstić information content (AvgIpc) is 2.59. The van der Waals surface area contributed by atoms with Crippen LogP contribution >= 0.6 is 0 Å². The molecular weight excluding hydrogens is 234 g/mol. The van der Waals surface area contributed by atoms with E-state index in [0.717, 1.165) is 0 Å². The summed E-state index contributed by atoms with van der Waals surface area (Å²) in [7, 11) is 2.06. The van der Waals surface area contributed by atoms with Crippen LogP contribution < -0.4 is 5.32 Å². The maximum Gasteiger partial charge on any atom is 0.0600 e. The van der Waals surface area contributed by atoms with Gasteiger partial charge in [-0.05, 0) is 51.8 Å². The van der Waals surface area contributed by atoms with Gasteiger partial charge in [-0.3, -0.25) is 0 Å². The Balaban J connectivity index is 2.34. The maximum absolute atomic E-state index is 6.01. The first-order valence-corrected chi connectivity index (χ1v) is 7.35. The molecule has 1 aromatic rings. The van der Waals surface area contributed by atoms with E-state index in [1.54, 1.807) is 0 Å². The minimum atomic E-state index is 0.308. The fourth-order valence-corrected chi connectivity index (χ4v) is 3.60. The Bertz CT molecular complexity index is 443. The van der Waals surface area contributed by atoms with Crippen LogP contribution in [0, 0.1) is 25.7 Å². The smallest absolute Gasteiger partial charge is 0.0600 e. The molecule has 0 saturated carbocycles. The molecule has 1 saturated heterocycles. The largest absolute Gasteiger partial charge is 0.375 e. The summed E-state index contributed by atoms with van der Waals surface area (Å²) in [4.78, 5) is 0. The normalized spacial score (nSPS) is 32.5. The van der Waals surface area contributed by atoms with Crippen LogP contribution in [-0.4, -0.2) is 19.3 Å². The van der Waals surface area contributed by atoms with E-state index in [0.29, 0.717) is 30.1 Å². The zero-order chi connectivity index (χ0) is 14.2. The van der Waals surface area contributed by atoms with Gasteiger partial charge in [-0.25, -0.2) is 0 Å². The predicted octanol–water partition coefficient (Wildman–Crippen LogP) is 3.62. The summed E-state index contributed by atoms with van der Waals surface area (Å²) in [6, 6.07) is 7.12. The summed E-state index contributed by atoms with van der Waals surface area (Å²) in [6.07, 6.45) is 0.657. The molecule has 1 aromatic carbocycles. The lowest BCUT2D eigenvalue weighted by atomic mass is 9.79. The summed E-state index contributed by atoms with van der Waals surface area (Å²) in [6.45, 7) is 11.1. The quantitative estimate of drug-likeness (QED) is 0.897. The molecule has 1 N–H and O–H groups in total. The SMILES string of the molecule is CNC(c1ccc(C)cc1C)C1C(C)OC(C)C1C. The number of ether oxygens (including phenoxy) is 1. The van der Waals surface area contributed by atoms with Gasteiger partial charge < -0.3 is 10.1 Å². The van der Waals surface area contributed by atoms with Gasteiger partial charge in [0.05, 0.1) is 12.2 Å². The van der Waals surface area contributed by atoms with Gasteiger partial charge in [-0.2, -0.15) is 0 Å². The zero-order valence-electron chi connectivity index (χ0n) is 13.0. The van der Waals surface area contributed by atoms with E-state index in [4.69, 9.17) is 4.74 Å². The molecule has 0 bridgehead atoms. The van der Waals surface area contributed by atoms with Crippen molar-refractivity contribution in [1.29, 1.82) is 0 Å². The molecule has 0 aliphatic carbocycles. The highest BCUT2D eigenvalue weighted by molar-refractivity contribution is 5.33. The molecule has 2 nitrogen and oxygen atoms in total. The summed E-state index contributed by atoms with van der Waals surface area (Å²) < 4.78 is 6.01. The lowest BCUT2D eigenvalue weighted by molar-refractivity contribution is 0.0478. The first kappa shape index (κ1) is 14.5. The highest BCUT2D eigenvalue weighted by Gasteiger charge is 2.41. The monoisotopic (exact) mass is 261 g/mol. The number of rotatable bonds is 3. The van der Waals surface area contributed by atoms with Crippen LogP contribution in [0.5, 0.6) is 0 Å². The van der Waals surface area contributed by atoms with Gasteiger partial charge in [0.1, 0.15) is 0 Å². The number of hydrogen-bond acceptors (Lipinski definition) is 2. The molecule has 0 radical (unpaired) electrons. The molecular formula is C17H27NO. The van der Waals surface area contributed by atoms with Crippen molar-refractivity contribution >= 4 is 0 Å². The maximum atomic E-state index is 6.01. The van der Waals surface area contributed by atoms with Gasteiger partial charge in [0.15, 0.2) is 0 Å². The standard InChI is InChI=1S/C17H27NO/c1-10-7-8-15(11(2)9-10)17(18-6)16-12(3)13(4)19-14(16)5/h7-9,12-14,16-18H,1-6H3. The molecule has 1 heterocycles. The Morgan fingerprint density at radius 2 is 1.79 bits per heavy atom. The van der Waals surface area contributed by atoms with Gasteiger partial charge in [0, 0.05) is 12.0 Å². The Morgan fingerprint density at radius 3 is 2.26 bits per heavy atom. The summed E-state index contributed by atoms with van der Waals surface area (Å²) in [5.74, 6) is 1.11. The van der Waals surface area contributed by atoms with Crippen LogP contribution in [0.15, 0.2) is 18.2 Å². The van der Waals surface area contributed by atoms with Crippen molar-refractivity contribution in [3.8, 4) is 0 Å². The van der Waals surface area contributed by atoms with E-state index in [1.807, 2.05) is 0 Å². The summed E-state index contributed by atoms with van der Waals surface area (Å²) >= 11 is 0. The van der Waals surface area contributed by atoms with Gasteiger partial charge in [-0.15, -0.1) is 0 Å². The predicted molar refractivity (Wildman–Crippen MR) is 80.4 cm³/mol. The summed E-state index contributed by atoms with van der Waals surface area (Å²) in [5, 5.41) is 3.52. The van der Waals surface area contributed by atoms with Crippen molar-refractivity contribution < 1.29 is 4.74 Å². The molecule has 2 heteroatoms. The van der Waals surface area contributed by atoms with Crippen LogP contribution in [-0.2, 0) is 4.74 Å². The van der Waals surface area contributed by atoms with Crippen molar-refractivity contribution in [2.45, 2.75) is 52.9 Å². The average molecular weight is 261 g/mol. The van der Waals surface area contributed by atoms with E-state index in [-0.39, 0.29) is 0 Å². The second-order valence-corrected chi connectivity index (χ2v) is 6.11. The fraction of sp³-hybridized carbons (Fsp3) is 0.647. The molecule has 1 fully saturated rings. The van der Waals surface area contributed by atoms with Gasteiger partial charge >= 0.3 is 0 Å². The molecule has 1 aliphatic heterocycles. The lowest BCUT2D eigenvalue weighted by Crippen LogP contribution is -2.33. The third-order valence-corrected chi connectivity index (χ3v) is 4.78. The minimum absolute atomic E-state index is 0.308. The van der Waals surface area contributed by atoms with Crippen LogP contribution in [0.2, 0.25) is 0 Å². The fourth-order valence-electron chi connectivity index (χ4n) is 3.60. The van der Waals surface area contributed by atoms with E-state index in [9.17, 15) is 0 Å². The zero-order valence-corrected chi connectivity index (χ0v) is 13.0. The molecule has 2 rings (SSSR count). The van der Waals surface area contributed by atoms with E-state index in [1.165, 1.54) is 16.7 Å². The van der Waals surface area contributed by atoms with Crippen molar-refractivity contribution in [1.82, 2.24) is 5.32 Å². The second kappa shape index (κ2) is 5.64. The molecule has 5 atom stereocenters. The number of benzene rings is 1. The van der Waals surface area contributed by atoms with E-state index >= 15 is 0 Å². The molecule has 5 unspecified atom stereocenters. The van der Waals surface area contributed by atoms with Crippen molar-refractivity contribution in [2.75, 3.05) is 7.05 Å². The Morgan fingerprint density at radius 1 is 1.11 bits per heavy atom. The first-order valence-electron chi connectivity index (χ1n) is 7.35. The number of aryl methyl sites for hydroxylation is 2. The Kier molecular flexibility index (Phi) is 4.32. The number of hydrogen-bond donors (Lipinski definition) is 1. The van der Waals surface area contributed by atoms with Gasteiger partial charge in [0.2, 0.25) is 0 Å². The minimum Gasteiger partial charge on any atom is -0.375 e. The molecule has 0 spiro atoms. The molecule has 0 amide bonds. The first-order chi connectivity index (χ1) is 8.95. The molecule has 0 aromatic heterocycles. The second-order valence-electron chi connectivity index (χ2n) is 6.11. The van der Waals surface area contributed by atoms with Crippen LogP contribution in [0.1, 0.15) is 43.5 Å². The third kappa shape index (κ3) is 2.70. The third-order valence-electron chi connectivity index (χ3n) is 4.78. The van der Waals surface area contributed by atoms with Crippen LogP contribution in [0.3, 0.4) is 0 Å². The van der Waals surface area contributed by atoms with Crippen molar-refractivity contribution in [3.05, 3.63) is 34.9 Å². The lowest BCUT2D eigenvalue weighted by Gasteiger charge is -2.30. The van der Waals surface area contributed by atoms with Gasteiger partial charge in [-0.1, -0.05) is 30.7 Å². The molecule has 106 valence electrons. The molecule has 1 aliphatic rings. The van der Waals surface area contributed by atoms with Gasteiger partial charge in [0.25, 0.3) is 0 Å². The topological polar surface area (TPSA) is 21.3 Å². The Hall–Kier alpha value is -0.860. The molecule has 19 heavy (non-hydrogen) atoms.